The smallest absolute Gasteiger partial charge is 0.256 e. The summed E-state index contributed by atoms with van der Waals surface area (Å²) >= 11 is 0. The molecule has 0 spiro atoms. The number of rotatable bonds is 1. The number of aromatic nitrogens is 1. The molecule has 0 aliphatic carbocycles. The average molecular weight is 169 g/mol. The van der Waals surface area contributed by atoms with Crippen molar-refractivity contribution < 1.29 is 4.39 Å². The quantitative estimate of drug-likeness (QED) is 0.626. The molecule has 0 aromatic carbocycles. The van der Waals surface area contributed by atoms with E-state index < -0.39 is 5.82 Å². The first-order chi connectivity index (χ1) is 5.54. The predicted octanol–water partition coefficient (Wildman–Crippen LogP) is 1.65. The first-order valence-electron chi connectivity index (χ1n) is 3.89. The molecule has 0 atom stereocenters. The lowest BCUT2D eigenvalue weighted by Crippen LogP contribution is -2.22. The number of pyridine rings is 1. The summed E-state index contributed by atoms with van der Waals surface area (Å²) in [5, 5.41) is 0. The van der Waals surface area contributed by atoms with Gasteiger partial charge in [0, 0.05) is 13.2 Å². The molecule has 12 heavy (non-hydrogen) atoms. The molecule has 0 N–H and O–H groups in total. The van der Waals surface area contributed by atoms with Gasteiger partial charge in [0.25, 0.3) is 5.56 Å². The zero-order chi connectivity index (χ0) is 9.30. The van der Waals surface area contributed by atoms with Crippen molar-refractivity contribution in [1.29, 1.82) is 0 Å². The fourth-order valence-electron chi connectivity index (χ4n) is 1.15. The van der Waals surface area contributed by atoms with Crippen LogP contribution >= 0.6 is 0 Å². The highest BCUT2D eigenvalue weighted by atomic mass is 19.1. The minimum Gasteiger partial charge on any atom is -0.318 e. The molecular formula is C9H12FNO. The van der Waals surface area contributed by atoms with E-state index in [4.69, 9.17) is 0 Å². The van der Waals surface area contributed by atoms with Gasteiger partial charge in [-0.3, -0.25) is 4.79 Å². The van der Waals surface area contributed by atoms with Crippen molar-refractivity contribution in [3.05, 3.63) is 34.0 Å². The molecule has 0 aliphatic heterocycles. The van der Waals surface area contributed by atoms with Gasteiger partial charge in [0.15, 0.2) is 0 Å². The third-order valence-corrected chi connectivity index (χ3v) is 1.83. The SMILES string of the molecule is CC(C)c1c(F)ccn(C)c1=O. The van der Waals surface area contributed by atoms with E-state index in [-0.39, 0.29) is 17.0 Å². The average Bonchev–Trinajstić information content (AvgIpc) is 1.97. The van der Waals surface area contributed by atoms with Crippen LogP contribution in [0.25, 0.3) is 0 Å². The number of hydrogen-bond donors (Lipinski definition) is 0. The Kier molecular flexibility index (Phi) is 2.31. The molecule has 0 bridgehead atoms. The highest BCUT2D eigenvalue weighted by Crippen LogP contribution is 2.12. The van der Waals surface area contributed by atoms with E-state index in [1.165, 1.54) is 16.8 Å². The molecule has 1 rings (SSSR count). The Morgan fingerprint density at radius 2 is 2.08 bits per heavy atom. The maximum Gasteiger partial charge on any atom is 0.256 e. The number of halogens is 1. The molecule has 1 aromatic rings. The van der Waals surface area contributed by atoms with Crippen molar-refractivity contribution in [2.75, 3.05) is 0 Å². The van der Waals surface area contributed by atoms with Crippen molar-refractivity contribution in [3.8, 4) is 0 Å². The van der Waals surface area contributed by atoms with Crippen LogP contribution in [0, 0.1) is 5.82 Å². The Balaban J connectivity index is 3.44. The van der Waals surface area contributed by atoms with Crippen LogP contribution in [0.2, 0.25) is 0 Å². The lowest BCUT2D eigenvalue weighted by atomic mass is 10.1. The van der Waals surface area contributed by atoms with Crippen molar-refractivity contribution in [2.45, 2.75) is 19.8 Å². The second-order valence-electron chi connectivity index (χ2n) is 3.15. The van der Waals surface area contributed by atoms with E-state index in [9.17, 15) is 9.18 Å². The maximum atomic E-state index is 13.1. The van der Waals surface area contributed by atoms with E-state index in [1.54, 1.807) is 20.9 Å². The summed E-state index contributed by atoms with van der Waals surface area (Å²) in [6, 6.07) is 1.32. The molecule has 0 aliphatic rings. The van der Waals surface area contributed by atoms with Crippen LogP contribution in [0.4, 0.5) is 4.39 Å². The second-order valence-corrected chi connectivity index (χ2v) is 3.15. The maximum absolute atomic E-state index is 13.1. The molecule has 66 valence electrons. The van der Waals surface area contributed by atoms with Gasteiger partial charge in [-0.05, 0) is 12.0 Å². The zero-order valence-electron chi connectivity index (χ0n) is 7.47. The highest BCUT2D eigenvalue weighted by molar-refractivity contribution is 5.16. The minimum absolute atomic E-state index is 0.0649. The van der Waals surface area contributed by atoms with Crippen LogP contribution in [0.5, 0.6) is 0 Å². The van der Waals surface area contributed by atoms with Gasteiger partial charge in [-0.15, -0.1) is 0 Å². The third-order valence-electron chi connectivity index (χ3n) is 1.83. The Hall–Kier alpha value is -1.12. The van der Waals surface area contributed by atoms with E-state index in [1.807, 2.05) is 0 Å². The Morgan fingerprint density at radius 3 is 2.50 bits per heavy atom. The third kappa shape index (κ3) is 1.40. The van der Waals surface area contributed by atoms with Crippen LogP contribution in [-0.2, 0) is 7.05 Å². The van der Waals surface area contributed by atoms with Crippen molar-refractivity contribution in [1.82, 2.24) is 4.57 Å². The fraction of sp³-hybridized carbons (Fsp3) is 0.444. The topological polar surface area (TPSA) is 22.0 Å². The molecule has 1 heterocycles. The van der Waals surface area contributed by atoms with Gasteiger partial charge in [-0.25, -0.2) is 4.39 Å². The van der Waals surface area contributed by atoms with Gasteiger partial charge in [-0.1, -0.05) is 13.8 Å². The van der Waals surface area contributed by atoms with Crippen LogP contribution in [-0.4, -0.2) is 4.57 Å². The molecule has 0 radical (unpaired) electrons. The minimum atomic E-state index is -0.409. The van der Waals surface area contributed by atoms with Crippen molar-refractivity contribution in [3.63, 3.8) is 0 Å². The summed E-state index contributed by atoms with van der Waals surface area (Å²) < 4.78 is 14.5. The van der Waals surface area contributed by atoms with Gasteiger partial charge in [0.05, 0.1) is 5.56 Å². The summed E-state index contributed by atoms with van der Waals surface area (Å²) in [5.74, 6) is -0.474. The number of hydrogen-bond acceptors (Lipinski definition) is 1. The monoisotopic (exact) mass is 169 g/mol. The van der Waals surface area contributed by atoms with Gasteiger partial charge < -0.3 is 4.57 Å². The molecule has 1 aromatic heterocycles. The molecule has 0 amide bonds. The summed E-state index contributed by atoms with van der Waals surface area (Å²) in [5.41, 5.74) is 0.0185. The summed E-state index contributed by atoms with van der Waals surface area (Å²) in [7, 11) is 1.62. The van der Waals surface area contributed by atoms with E-state index >= 15 is 0 Å². The molecule has 2 nitrogen and oxygen atoms in total. The summed E-state index contributed by atoms with van der Waals surface area (Å²) in [6.07, 6.45) is 1.43. The predicted molar refractivity (Wildman–Crippen MR) is 45.7 cm³/mol. The normalized spacial score (nSPS) is 10.8. The first-order valence-corrected chi connectivity index (χ1v) is 3.89. The van der Waals surface area contributed by atoms with Crippen LogP contribution in [0.1, 0.15) is 25.3 Å². The van der Waals surface area contributed by atoms with E-state index in [2.05, 4.69) is 0 Å². The molecule has 3 heteroatoms. The molecular weight excluding hydrogens is 157 g/mol. The van der Waals surface area contributed by atoms with Gasteiger partial charge in [0.2, 0.25) is 0 Å². The first kappa shape index (κ1) is 8.97. The van der Waals surface area contributed by atoms with Gasteiger partial charge in [-0.2, -0.15) is 0 Å². The van der Waals surface area contributed by atoms with Crippen LogP contribution < -0.4 is 5.56 Å². The Labute approximate surface area is 70.6 Å². The van der Waals surface area contributed by atoms with E-state index in [0.29, 0.717) is 0 Å². The standard InChI is InChI=1S/C9H12FNO/c1-6(2)8-7(10)4-5-11(3)9(8)12/h4-6H,1-3H3. The van der Waals surface area contributed by atoms with Gasteiger partial charge in [0.1, 0.15) is 5.82 Å². The van der Waals surface area contributed by atoms with Gasteiger partial charge >= 0.3 is 0 Å². The van der Waals surface area contributed by atoms with Crippen molar-refractivity contribution in [2.24, 2.45) is 7.05 Å². The highest BCUT2D eigenvalue weighted by Gasteiger charge is 2.11. The second kappa shape index (κ2) is 3.09. The summed E-state index contributed by atoms with van der Waals surface area (Å²) in [6.45, 7) is 3.61. The molecule has 0 fully saturated rings. The van der Waals surface area contributed by atoms with Crippen LogP contribution in [0.3, 0.4) is 0 Å². The Morgan fingerprint density at radius 1 is 1.50 bits per heavy atom. The largest absolute Gasteiger partial charge is 0.318 e. The number of nitrogens with zero attached hydrogens (tertiary/aromatic N) is 1. The molecule has 0 saturated heterocycles. The lowest BCUT2D eigenvalue weighted by molar-refractivity contribution is 0.581. The zero-order valence-corrected chi connectivity index (χ0v) is 7.47. The lowest BCUT2D eigenvalue weighted by Gasteiger charge is -2.07. The fourth-order valence-corrected chi connectivity index (χ4v) is 1.15. The summed E-state index contributed by atoms with van der Waals surface area (Å²) in [4.78, 5) is 11.4. The molecule has 0 saturated carbocycles. The van der Waals surface area contributed by atoms with Crippen molar-refractivity contribution >= 4 is 0 Å². The van der Waals surface area contributed by atoms with Crippen LogP contribution in [0.15, 0.2) is 17.1 Å². The molecule has 0 unspecified atom stereocenters. The van der Waals surface area contributed by atoms with E-state index in [0.717, 1.165) is 0 Å². The Bertz CT molecular complexity index is 341. The number of aryl methyl sites for hydroxylation is 1.